The van der Waals surface area contributed by atoms with Gasteiger partial charge >= 0.3 is 0 Å². The van der Waals surface area contributed by atoms with Crippen LogP contribution in [0.25, 0.3) is 0 Å². The zero-order valence-corrected chi connectivity index (χ0v) is 12.1. The van der Waals surface area contributed by atoms with Gasteiger partial charge in [0.05, 0.1) is 12.3 Å². The van der Waals surface area contributed by atoms with Gasteiger partial charge in [0.1, 0.15) is 18.2 Å². The molecule has 21 heavy (non-hydrogen) atoms. The summed E-state index contributed by atoms with van der Waals surface area (Å²) in [6.07, 6.45) is 0. The first-order valence-corrected chi connectivity index (χ1v) is 7.07. The van der Waals surface area contributed by atoms with Gasteiger partial charge in [0.25, 0.3) is 0 Å². The molecule has 0 aliphatic rings. The average Bonchev–Trinajstić information content (AvgIpc) is 2.52. The summed E-state index contributed by atoms with van der Waals surface area (Å²) < 4.78 is 24.2. The first kappa shape index (κ1) is 15.3. The highest BCUT2D eigenvalue weighted by atomic mass is 19.1. The number of halogens is 1. The molecule has 2 rings (SSSR count). The van der Waals surface area contributed by atoms with Crippen LogP contribution in [-0.2, 0) is 11.3 Å². The van der Waals surface area contributed by atoms with E-state index in [1.165, 1.54) is 6.07 Å². The Kier molecular flexibility index (Phi) is 6.03. The normalized spacial score (nSPS) is 10.4. The highest BCUT2D eigenvalue weighted by molar-refractivity contribution is 5.45. The fourth-order valence-electron chi connectivity index (χ4n) is 1.87. The highest BCUT2D eigenvalue weighted by Crippen LogP contribution is 2.16. The quantitative estimate of drug-likeness (QED) is 0.749. The van der Waals surface area contributed by atoms with Gasteiger partial charge in [-0.1, -0.05) is 24.3 Å². The molecule has 0 atom stereocenters. The van der Waals surface area contributed by atoms with E-state index < -0.39 is 0 Å². The van der Waals surface area contributed by atoms with Crippen LogP contribution in [0.2, 0.25) is 0 Å². The molecule has 3 nitrogen and oxygen atoms in total. The maximum Gasteiger partial charge on any atom is 0.146 e. The molecule has 0 bridgehead atoms. The Bertz CT molecular complexity index is 543. The summed E-state index contributed by atoms with van der Waals surface area (Å²) in [5, 5.41) is 3.07. The molecule has 1 N–H and O–H groups in total. The third-order valence-corrected chi connectivity index (χ3v) is 2.98. The van der Waals surface area contributed by atoms with Crippen molar-refractivity contribution in [3.63, 3.8) is 0 Å². The number of hydrogen-bond donors (Lipinski definition) is 1. The van der Waals surface area contributed by atoms with Crippen molar-refractivity contribution in [1.29, 1.82) is 0 Å². The third kappa shape index (κ3) is 5.08. The molecule has 0 unspecified atom stereocenters. The number of benzene rings is 2. The predicted molar refractivity (Wildman–Crippen MR) is 82.2 cm³/mol. The number of ether oxygens (including phenoxy) is 2. The summed E-state index contributed by atoms with van der Waals surface area (Å²) in [5.74, 6) is 0.567. The monoisotopic (exact) mass is 289 g/mol. The van der Waals surface area contributed by atoms with E-state index in [1.54, 1.807) is 18.2 Å². The number of rotatable bonds is 8. The van der Waals surface area contributed by atoms with E-state index in [1.807, 2.05) is 31.2 Å². The SMILES string of the molecule is CCOCCOc1ccc(CNc2ccccc2F)cc1. The topological polar surface area (TPSA) is 30.5 Å². The first-order chi connectivity index (χ1) is 10.3. The van der Waals surface area contributed by atoms with Crippen molar-refractivity contribution < 1.29 is 13.9 Å². The Morgan fingerprint density at radius 1 is 1.00 bits per heavy atom. The second-order valence-electron chi connectivity index (χ2n) is 4.52. The largest absolute Gasteiger partial charge is 0.491 e. The van der Waals surface area contributed by atoms with Crippen LogP contribution in [-0.4, -0.2) is 19.8 Å². The van der Waals surface area contributed by atoms with E-state index in [0.717, 1.165) is 11.3 Å². The van der Waals surface area contributed by atoms with E-state index in [2.05, 4.69) is 5.32 Å². The Labute approximate surface area is 124 Å². The number of para-hydroxylation sites is 1. The van der Waals surface area contributed by atoms with Crippen LogP contribution in [0.15, 0.2) is 48.5 Å². The van der Waals surface area contributed by atoms with Crippen LogP contribution >= 0.6 is 0 Å². The molecule has 0 saturated carbocycles. The number of anilines is 1. The second kappa shape index (κ2) is 8.27. The van der Waals surface area contributed by atoms with Gasteiger partial charge in [-0.3, -0.25) is 0 Å². The molecule has 4 heteroatoms. The molecule has 0 amide bonds. The number of hydrogen-bond acceptors (Lipinski definition) is 3. The number of nitrogens with one attached hydrogen (secondary N) is 1. The highest BCUT2D eigenvalue weighted by Gasteiger charge is 2.00. The lowest BCUT2D eigenvalue weighted by molar-refractivity contribution is 0.110. The maximum atomic E-state index is 13.5. The van der Waals surface area contributed by atoms with Crippen molar-refractivity contribution in [2.75, 3.05) is 25.1 Å². The van der Waals surface area contributed by atoms with Crippen molar-refractivity contribution in [1.82, 2.24) is 0 Å². The Balaban J connectivity index is 1.81. The average molecular weight is 289 g/mol. The van der Waals surface area contributed by atoms with Crippen LogP contribution < -0.4 is 10.1 Å². The molecule has 0 heterocycles. The second-order valence-corrected chi connectivity index (χ2v) is 4.52. The summed E-state index contributed by atoms with van der Waals surface area (Å²) in [6, 6.07) is 14.4. The summed E-state index contributed by atoms with van der Waals surface area (Å²) >= 11 is 0. The molecule has 0 radical (unpaired) electrons. The molecule has 0 fully saturated rings. The van der Waals surface area contributed by atoms with Crippen LogP contribution in [0, 0.1) is 5.82 Å². The molecule has 0 saturated heterocycles. The van der Waals surface area contributed by atoms with Gasteiger partial charge in [-0.2, -0.15) is 0 Å². The minimum Gasteiger partial charge on any atom is -0.491 e. The van der Waals surface area contributed by atoms with Gasteiger partial charge in [-0.05, 0) is 36.8 Å². The van der Waals surface area contributed by atoms with Gasteiger partial charge in [-0.25, -0.2) is 4.39 Å². The maximum absolute atomic E-state index is 13.5. The van der Waals surface area contributed by atoms with E-state index in [9.17, 15) is 4.39 Å². The van der Waals surface area contributed by atoms with Crippen LogP contribution in [0.4, 0.5) is 10.1 Å². The van der Waals surface area contributed by atoms with E-state index in [0.29, 0.717) is 32.1 Å². The first-order valence-electron chi connectivity index (χ1n) is 7.07. The molecule has 2 aromatic rings. The van der Waals surface area contributed by atoms with Crippen molar-refractivity contribution in [3.8, 4) is 5.75 Å². The molecule has 0 aromatic heterocycles. The molecule has 0 aliphatic carbocycles. The third-order valence-electron chi connectivity index (χ3n) is 2.98. The fraction of sp³-hybridized carbons (Fsp3) is 0.294. The fourth-order valence-corrected chi connectivity index (χ4v) is 1.87. The lowest BCUT2D eigenvalue weighted by Gasteiger charge is -2.09. The Morgan fingerprint density at radius 2 is 1.76 bits per heavy atom. The van der Waals surface area contributed by atoms with Gasteiger partial charge in [0, 0.05) is 13.2 Å². The Morgan fingerprint density at radius 3 is 2.48 bits per heavy atom. The molecule has 0 spiro atoms. The minimum absolute atomic E-state index is 0.242. The summed E-state index contributed by atoms with van der Waals surface area (Å²) in [5.41, 5.74) is 1.57. The van der Waals surface area contributed by atoms with Crippen LogP contribution in [0.1, 0.15) is 12.5 Å². The molecular formula is C17H20FNO2. The predicted octanol–water partition coefficient (Wildman–Crippen LogP) is 3.85. The standard InChI is InChI=1S/C17H20FNO2/c1-2-20-11-12-21-15-9-7-14(8-10-15)13-19-17-6-4-3-5-16(17)18/h3-10,19H,2,11-13H2,1H3. The smallest absolute Gasteiger partial charge is 0.146 e. The van der Waals surface area contributed by atoms with Gasteiger partial charge in [-0.15, -0.1) is 0 Å². The lowest BCUT2D eigenvalue weighted by Crippen LogP contribution is -2.06. The van der Waals surface area contributed by atoms with Gasteiger partial charge in [0.2, 0.25) is 0 Å². The summed E-state index contributed by atoms with van der Waals surface area (Å²) in [7, 11) is 0. The van der Waals surface area contributed by atoms with E-state index >= 15 is 0 Å². The summed E-state index contributed by atoms with van der Waals surface area (Å²) in [4.78, 5) is 0. The van der Waals surface area contributed by atoms with E-state index in [-0.39, 0.29) is 5.82 Å². The molecule has 112 valence electrons. The summed E-state index contributed by atoms with van der Waals surface area (Å²) in [6.45, 7) is 4.36. The van der Waals surface area contributed by atoms with Crippen LogP contribution in [0.3, 0.4) is 0 Å². The molecular weight excluding hydrogens is 269 g/mol. The zero-order valence-electron chi connectivity index (χ0n) is 12.1. The van der Waals surface area contributed by atoms with Gasteiger partial charge < -0.3 is 14.8 Å². The molecule has 0 aliphatic heterocycles. The Hall–Kier alpha value is -2.07. The van der Waals surface area contributed by atoms with E-state index in [4.69, 9.17) is 9.47 Å². The van der Waals surface area contributed by atoms with Crippen molar-refractivity contribution in [2.45, 2.75) is 13.5 Å². The van der Waals surface area contributed by atoms with Crippen molar-refractivity contribution >= 4 is 5.69 Å². The minimum atomic E-state index is -0.242. The molecule has 2 aromatic carbocycles. The van der Waals surface area contributed by atoms with Crippen molar-refractivity contribution in [3.05, 3.63) is 59.9 Å². The van der Waals surface area contributed by atoms with Crippen molar-refractivity contribution in [2.24, 2.45) is 0 Å². The lowest BCUT2D eigenvalue weighted by atomic mass is 10.2. The zero-order chi connectivity index (χ0) is 14.9. The van der Waals surface area contributed by atoms with Gasteiger partial charge in [0.15, 0.2) is 0 Å². The van der Waals surface area contributed by atoms with Crippen LogP contribution in [0.5, 0.6) is 5.75 Å².